The van der Waals surface area contributed by atoms with E-state index in [9.17, 15) is 10.2 Å². The van der Waals surface area contributed by atoms with Gasteiger partial charge < -0.3 is 20.3 Å². The summed E-state index contributed by atoms with van der Waals surface area (Å²) >= 11 is 0. The number of aliphatic hydroxyl groups is 1. The third kappa shape index (κ3) is 5.09. The maximum Gasteiger partial charge on any atom is 0.124 e. The van der Waals surface area contributed by atoms with Crippen LogP contribution in [0.25, 0.3) is 0 Å². The van der Waals surface area contributed by atoms with Gasteiger partial charge in [-0.15, -0.1) is 0 Å². The van der Waals surface area contributed by atoms with E-state index in [4.69, 9.17) is 4.74 Å². The predicted octanol–water partition coefficient (Wildman–Crippen LogP) is 2.46. The summed E-state index contributed by atoms with van der Waals surface area (Å²) in [7, 11) is 1.57. The van der Waals surface area contributed by atoms with Crippen LogP contribution < -0.4 is 10.1 Å². The van der Waals surface area contributed by atoms with Crippen molar-refractivity contribution in [3.8, 4) is 11.5 Å². The molecule has 3 N–H and O–H groups in total. The van der Waals surface area contributed by atoms with Crippen molar-refractivity contribution < 1.29 is 14.9 Å². The van der Waals surface area contributed by atoms with Crippen LogP contribution in [0, 0.1) is 5.92 Å². The molecule has 0 aliphatic rings. The monoisotopic (exact) mass is 267 g/mol. The summed E-state index contributed by atoms with van der Waals surface area (Å²) in [6.45, 7) is 6.65. The summed E-state index contributed by atoms with van der Waals surface area (Å²) in [6, 6.07) is 5.23. The molecular formula is C15H25NO3. The zero-order valence-electron chi connectivity index (χ0n) is 12.2. The first-order valence-electron chi connectivity index (χ1n) is 6.72. The highest BCUT2D eigenvalue weighted by Gasteiger charge is 2.13. The van der Waals surface area contributed by atoms with E-state index in [1.807, 2.05) is 19.1 Å². The number of benzene rings is 1. The number of aliphatic hydroxyl groups excluding tert-OH is 1. The average Bonchev–Trinajstić information content (AvgIpc) is 2.35. The number of phenols is 1. The van der Waals surface area contributed by atoms with Gasteiger partial charge in [0.25, 0.3) is 0 Å². The second-order valence-corrected chi connectivity index (χ2v) is 5.34. The third-order valence-electron chi connectivity index (χ3n) is 3.11. The zero-order chi connectivity index (χ0) is 14.4. The van der Waals surface area contributed by atoms with Crippen LogP contribution in [0.3, 0.4) is 0 Å². The van der Waals surface area contributed by atoms with Gasteiger partial charge >= 0.3 is 0 Å². The SMILES string of the molecule is COc1ccc(C(C)NCC(O)CC(C)C)c(O)c1. The highest BCUT2D eigenvalue weighted by atomic mass is 16.5. The van der Waals surface area contributed by atoms with Gasteiger partial charge in [0, 0.05) is 24.2 Å². The lowest BCUT2D eigenvalue weighted by Crippen LogP contribution is -2.30. The van der Waals surface area contributed by atoms with Crippen LogP contribution in [0.15, 0.2) is 18.2 Å². The minimum Gasteiger partial charge on any atom is -0.507 e. The Labute approximate surface area is 115 Å². The maximum atomic E-state index is 9.92. The number of aromatic hydroxyl groups is 1. The molecule has 1 aromatic rings. The predicted molar refractivity (Wildman–Crippen MR) is 76.5 cm³/mol. The number of nitrogens with one attached hydrogen (secondary N) is 1. The van der Waals surface area contributed by atoms with Crippen LogP contribution in [-0.4, -0.2) is 30.0 Å². The van der Waals surface area contributed by atoms with Crippen LogP contribution in [-0.2, 0) is 0 Å². The number of hydrogen-bond acceptors (Lipinski definition) is 4. The fraction of sp³-hybridized carbons (Fsp3) is 0.600. The van der Waals surface area contributed by atoms with Crippen LogP contribution in [0.5, 0.6) is 11.5 Å². The van der Waals surface area contributed by atoms with Gasteiger partial charge in [-0.2, -0.15) is 0 Å². The van der Waals surface area contributed by atoms with Crippen molar-refractivity contribution in [3.63, 3.8) is 0 Å². The molecule has 0 aliphatic carbocycles. The van der Waals surface area contributed by atoms with E-state index < -0.39 is 0 Å². The van der Waals surface area contributed by atoms with Crippen molar-refractivity contribution in [2.24, 2.45) is 5.92 Å². The Morgan fingerprint density at radius 3 is 2.47 bits per heavy atom. The minimum atomic E-state index is -0.358. The van der Waals surface area contributed by atoms with Gasteiger partial charge in [-0.3, -0.25) is 0 Å². The molecule has 0 heterocycles. The smallest absolute Gasteiger partial charge is 0.124 e. The number of ether oxygens (including phenoxy) is 1. The molecular weight excluding hydrogens is 242 g/mol. The molecule has 19 heavy (non-hydrogen) atoms. The highest BCUT2D eigenvalue weighted by Crippen LogP contribution is 2.28. The molecule has 0 amide bonds. The molecule has 1 aromatic carbocycles. The van der Waals surface area contributed by atoms with Crippen molar-refractivity contribution >= 4 is 0 Å². The van der Waals surface area contributed by atoms with Crippen molar-refractivity contribution in [1.29, 1.82) is 0 Å². The molecule has 0 aliphatic heterocycles. The van der Waals surface area contributed by atoms with E-state index >= 15 is 0 Å². The first-order valence-corrected chi connectivity index (χ1v) is 6.72. The zero-order valence-corrected chi connectivity index (χ0v) is 12.2. The molecule has 108 valence electrons. The van der Waals surface area contributed by atoms with Crippen LogP contribution in [0.1, 0.15) is 38.8 Å². The third-order valence-corrected chi connectivity index (χ3v) is 3.11. The Kier molecular flexibility index (Phi) is 6.12. The second-order valence-electron chi connectivity index (χ2n) is 5.34. The van der Waals surface area contributed by atoms with Crippen molar-refractivity contribution in [3.05, 3.63) is 23.8 Å². The molecule has 4 nitrogen and oxygen atoms in total. The van der Waals surface area contributed by atoms with E-state index in [1.165, 1.54) is 0 Å². The van der Waals surface area contributed by atoms with Gasteiger partial charge in [0.05, 0.1) is 13.2 Å². The first-order chi connectivity index (χ1) is 8.93. The quantitative estimate of drug-likeness (QED) is 0.710. The van der Waals surface area contributed by atoms with Gasteiger partial charge in [0.15, 0.2) is 0 Å². The summed E-state index contributed by atoms with van der Waals surface area (Å²) in [4.78, 5) is 0. The van der Waals surface area contributed by atoms with Crippen molar-refractivity contribution in [2.45, 2.75) is 39.3 Å². The van der Waals surface area contributed by atoms with E-state index in [-0.39, 0.29) is 17.9 Å². The van der Waals surface area contributed by atoms with Crippen molar-refractivity contribution in [1.82, 2.24) is 5.32 Å². The Hall–Kier alpha value is -1.26. The molecule has 0 bridgehead atoms. The molecule has 4 heteroatoms. The standard InChI is InChI=1S/C15H25NO3/c1-10(2)7-12(17)9-16-11(3)14-6-5-13(19-4)8-15(14)18/h5-6,8,10-12,16-18H,7,9H2,1-4H3. The summed E-state index contributed by atoms with van der Waals surface area (Å²) in [5, 5.41) is 23.0. The molecule has 2 unspecified atom stereocenters. The summed E-state index contributed by atoms with van der Waals surface area (Å²) in [5.41, 5.74) is 0.803. The van der Waals surface area contributed by atoms with E-state index in [0.717, 1.165) is 12.0 Å². The second kappa shape index (κ2) is 7.36. The molecule has 2 atom stereocenters. The van der Waals surface area contributed by atoms with Gasteiger partial charge in [-0.25, -0.2) is 0 Å². The molecule has 0 spiro atoms. The molecule has 1 rings (SSSR count). The summed E-state index contributed by atoms with van der Waals surface area (Å²) < 4.78 is 5.05. The number of hydrogen-bond donors (Lipinski definition) is 3. The van der Waals surface area contributed by atoms with Gasteiger partial charge in [0.2, 0.25) is 0 Å². The fourth-order valence-electron chi connectivity index (χ4n) is 2.07. The summed E-state index contributed by atoms with van der Waals surface area (Å²) in [6.07, 6.45) is 0.414. The molecule has 0 saturated heterocycles. The van der Waals surface area contributed by atoms with Gasteiger partial charge in [-0.1, -0.05) is 19.9 Å². The number of rotatable bonds is 7. The van der Waals surface area contributed by atoms with Crippen LogP contribution >= 0.6 is 0 Å². The Balaban J connectivity index is 2.56. The normalized spacial score (nSPS) is 14.4. The lowest BCUT2D eigenvalue weighted by atomic mass is 10.0. The molecule has 0 radical (unpaired) electrons. The Morgan fingerprint density at radius 1 is 1.26 bits per heavy atom. The maximum absolute atomic E-state index is 9.92. The summed E-state index contributed by atoms with van der Waals surface area (Å²) in [5.74, 6) is 1.31. The van der Waals surface area contributed by atoms with Gasteiger partial charge in [-0.05, 0) is 25.3 Å². The van der Waals surface area contributed by atoms with E-state index in [1.54, 1.807) is 13.2 Å². The fourth-order valence-corrected chi connectivity index (χ4v) is 2.07. The van der Waals surface area contributed by atoms with E-state index in [2.05, 4.69) is 19.2 Å². The molecule has 0 fully saturated rings. The first kappa shape index (κ1) is 15.8. The average molecular weight is 267 g/mol. The number of phenolic OH excluding ortho intramolecular Hbond substituents is 1. The number of methoxy groups -OCH3 is 1. The van der Waals surface area contributed by atoms with Crippen LogP contribution in [0.2, 0.25) is 0 Å². The Morgan fingerprint density at radius 2 is 1.95 bits per heavy atom. The lowest BCUT2D eigenvalue weighted by molar-refractivity contribution is 0.143. The van der Waals surface area contributed by atoms with Crippen molar-refractivity contribution in [2.75, 3.05) is 13.7 Å². The lowest BCUT2D eigenvalue weighted by Gasteiger charge is -2.19. The highest BCUT2D eigenvalue weighted by molar-refractivity contribution is 5.41. The minimum absolute atomic E-state index is 0.0206. The van der Waals surface area contributed by atoms with Gasteiger partial charge in [0.1, 0.15) is 11.5 Å². The topological polar surface area (TPSA) is 61.7 Å². The molecule has 0 aromatic heterocycles. The van der Waals surface area contributed by atoms with Crippen LogP contribution in [0.4, 0.5) is 0 Å². The molecule has 0 saturated carbocycles. The largest absolute Gasteiger partial charge is 0.507 e. The Bertz CT molecular complexity index is 393. The van der Waals surface area contributed by atoms with E-state index in [0.29, 0.717) is 18.2 Å².